The Balaban J connectivity index is 0.00000169. The third-order valence-electron chi connectivity index (χ3n) is 1.47. The van der Waals surface area contributed by atoms with Gasteiger partial charge in [0.2, 0.25) is 5.91 Å². The third kappa shape index (κ3) is 4.37. The Morgan fingerprint density at radius 1 is 1.21 bits per heavy atom. The summed E-state index contributed by atoms with van der Waals surface area (Å²) in [6.45, 7) is 1.39. The molecule has 0 bridgehead atoms. The fourth-order valence-corrected chi connectivity index (χ4v) is 0.953. The van der Waals surface area contributed by atoms with E-state index in [4.69, 9.17) is 0 Å². The smallest absolute Gasteiger partial charge is 0.231 e. The second-order valence-corrected chi connectivity index (χ2v) is 2.79. The Kier molecular flexibility index (Phi) is 5.17. The summed E-state index contributed by atoms with van der Waals surface area (Å²) in [5.41, 5.74) is 0.716. The van der Waals surface area contributed by atoms with E-state index in [2.05, 4.69) is 5.32 Å². The highest BCUT2D eigenvalue weighted by Crippen LogP contribution is 2.05. The zero-order chi connectivity index (χ0) is 9.68. The number of Topliss-reactive ketones (excluding diaryl/α,β-unsaturated/α-hetero) is 1. The number of carbonyl (C=O) groups excluding carboxylic acids is 2. The summed E-state index contributed by atoms with van der Waals surface area (Å²) in [5.74, 6) is -0.396. The molecule has 3 N–H and O–H groups in total. The minimum absolute atomic E-state index is 0. The Hall–Kier alpha value is -1.68. The molecule has 0 aliphatic carbocycles. The van der Waals surface area contributed by atoms with Gasteiger partial charge in [0.05, 0.1) is 6.42 Å². The number of carbonyl (C=O) groups is 2. The molecule has 4 heteroatoms. The van der Waals surface area contributed by atoms with E-state index in [0.717, 1.165) is 0 Å². The molecule has 76 valence electrons. The van der Waals surface area contributed by atoms with Crippen LogP contribution in [0.1, 0.15) is 13.3 Å². The third-order valence-corrected chi connectivity index (χ3v) is 1.47. The maximum Gasteiger partial charge on any atom is 0.231 e. The maximum atomic E-state index is 11.1. The number of amides is 1. The summed E-state index contributed by atoms with van der Waals surface area (Å²) in [5, 5.41) is 2.61. The summed E-state index contributed by atoms with van der Waals surface area (Å²) >= 11 is 0. The molecular weight excluding hydrogens is 182 g/mol. The Morgan fingerprint density at radius 2 is 1.79 bits per heavy atom. The van der Waals surface area contributed by atoms with Crippen LogP contribution in [0.15, 0.2) is 30.3 Å². The molecule has 4 nitrogen and oxygen atoms in total. The van der Waals surface area contributed by atoms with E-state index in [1.54, 1.807) is 12.1 Å². The number of para-hydroxylation sites is 1. The van der Waals surface area contributed by atoms with Crippen molar-refractivity contribution in [3.63, 3.8) is 0 Å². The fourth-order valence-electron chi connectivity index (χ4n) is 0.953. The molecule has 0 spiro atoms. The van der Waals surface area contributed by atoms with Gasteiger partial charge < -0.3 is 10.8 Å². The van der Waals surface area contributed by atoms with E-state index < -0.39 is 0 Å². The number of rotatable bonds is 3. The predicted octanol–water partition coefficient (Wildman–Crippen LogP) is 0.779. The van der Waals surface area contributed by atoms with Crippen LogP contribution >= 0.6 is 0 Å². The minimum atomic E-state index is -0.265. The van der Waals surface area contributed by atoms with E-state index in [-0.39, 0.29) is 23.6 Å². The van der Waals surface area contributed by atoms with Gasteiger partial charge in [-0.15, -0.1) is 0 Å². The first-order chi connectivity index (χ1) is 6.18. The molecule has 0 aliphatic rings. The van der Waals surface area contributed by atoms with Crippen LogP contribution in [0.3, 0.4) is 0 Å². The van der Waals surface area contributed by atoms with Crippen LogP contribution in [0.25, 0.3) is 0 Å². The molecule has 1 amide bonds. The van der Waals surface area contributed by atoms with E-state index in [0.29, 0.717) is 5.69 Å². The van der Waals surface area contributed by atoms with Gasteiger partial charge >= 0.3 is 0 Å². The molecule has 0 fully saturated rings. The molecule has 0 saturated heterocycles. The highest BCUT2D eigenvalue weighted by atomic mass is 16.2. The van der Waals surface area contributed by atoms with Gasteiger partial charge in [0.15, 0.2) is 0 Å². The molecular formula is C10H13NO3. The van der Waals surface area contributed by atoms with Crippen LogP contribution in [0, 0.1) is 0 Å². The van der Waals surface area contributed by atoms with Gasteiger partial charge in [-0.25, -0.2) is 0 Å². The molecule has 1 rings (SSSR count). The second-order valence-electron chi connectivity index (χ2n) is 2.79. The van der Waals surface area contributed by atoms with Crippen LogP contribution in [-0.2, 0) is 9.59 Å². The standard InChI is InChI=1S/C10H11NO2.H2O/c1-8(12)7-10(13)11-9-5-3-2-4-6-9;/h2-6H,7H2,1H3,(H,11,13);1H2. The summed E-state index contributed by atoms with van der Waals surface area (Å²) in [7, 11) is 0. The lowest BCUT2D eigenvalue weighted by atomic mass is 10.2. The fraction of sp³-hybridized carbons (Fsp3) is 0.200. The Morgan fingerprint density at radius 3 is 2.29 bits per heavy atom. The summed E-state index contributed by atoms with van der Waals surface area (Å²) in [6, 6.07) is 9.06. The first-order valence-corrected chi connectivity index (χ1v) is 4.03. The van der Waals surface area contributed by atoms with Crippen molar-refractivity contribution in [1.29, 1.82) is 0 Å². The Labute approximate surface area is 82.2 Å². The van der Waals surface area contributed by atoms with Gasteiger partial charge in [0.1, 0.15) is 5.78 Å². The lowest BCUT2D eigenvalue weighted by Crippen LogP contribution is -2.14. The Bertz CT molecular complexity index is 308. The van der Waals surface area contributed by atoms with Crippen LogP contribution in [0.4, 0.5) is 5.69 Å². The van der Waals surface area contributed by atoms with E-state index >= 15 is 0 Å². The monoisotopic (exact) mass is 195 g/mol. The average Bonchev–Trinajstić information content (AvgIpc) is 2.04. The zero-order valence-electron chi connectivity index (χ0n) is 7.91. The first kappa shape index (κ1) is 12.3. The van der Waals surface area contributed by atoms with Gasteiger partial charge in [0, 0.05) is 5.69 Å². The summed E-state index contributed by atoms with van der Waals surface area (Å²) in [4.78, 5) is 21.7. The highest BCUT2D eigenvalue weighted by molar-refractivity contribution is 6.03. The quantitative estimate of drug-likeness (QED) is 0.723. The van der Waals surface area contributed by atoms with E-state index in [9.17, 15) is 9.59 Å². The van der Waals surface area contributed by atoms with Crippen LogP contribution < -0.4 is 5.32 Å². The largest absolute Gasteiger partial charge is 0.412 e. The SMILES string of the molecule is CC(=O)CC(=O)Nc1ccccc1.O. The van der Waals surface area contributed by atoms with E-state index in [1.807, 2.05) is 18.2 Å². The van der Waals surface area contributed by atoms with Crippen molar-refractivity contribution < 1.29 is 15.1 Å². The minimum Gasteiger partial charge on any atom is -0.412 e. The van der Waals surface area contributed by atoms with Crippen molar-refractivity contribution in [3.8, 4) is 0 Å². The number of benzene rings is 1. The number of hydrogen-bond donors (Lipinski definition) is 1. The van der Waals surface area contributed by atoms with Crippen molar-refractivity contribution in [2.24, 2.45) is 0 Å². The van der Waals surface area contributed by atoms with Gasteiger partial charge in [0.25, 0.3) is 0 Å². The molecule has 0 unspecified atom stereocenters. The molecule has 14 heavy (non-hydrogen) atoms. The number of ketones is 1. The molecule has 0 radical (unpaired) electrons. The zero-order valence-corrected chi connectivity index (χ0v) is 7.91. The lowest BCUT2D eigenvalue weighted by Gasteiger charge is -2.01. The van der Waals surface area contributed by atoms with Crippen molar-refractivity contribution in [1.82, 2.24) is 0 Å². The molecule has 0 aliphatic heterocycles. The molecule has 0 heterocycles. The maximum absolute atomic E-state index is 11.1. The summed E-state index contributed by atoms with van der Waals surface area (Å²) in [6.07, 6.45) is -0.0606. The predicted molar refractivity (Wildman–Crippen MR) is 54.0 cm³/mol. The van der Waals surface area contributed by atoms with Crippen molar-refractivity contribution >= 4 is 17.4 Å². The van der Waals surface area contributed by atoms with Crippen LogP contribution in [0.5, 0.6) is 0 Å². The summed E-state index contributed by atoms with van der Waals surface area (Å²) < 4.78 is 0. The first-order valence-electron chi connectivity index (χ1n) is 4.03. The molecule has 0 aromatic heterocycles. The number of hydrogen-bond acceptors (Lipinski definition) is 2. The molecule has 0 atom stereocenters. The normalized spacial score (nSPS) is 8.64. The average molecular weight is 195 g/mol. The molecule has 0 saturated carbocycles. The van der Waals surface area contributed by atoms with E-state index in [1.165, 1.54) is 6.92 Å². The molecule has 1 aromatic carbocycles. The number of nitrogens with one attached hydrogen (secondary N) is 1. The topological polar surface area (TPSA) is 77.7 Å². The second kappa shape index (κ2) is 5.88. The van der Waals surface area contributed by atoms with Gasteiger partial charge in [-0.1, -0.05) is 18.2 Å². The van der Waals surface area contributed by atoms with Crippen molar-refractivity contribution in [2.75, 3.05) is 5.32 Å². The van der Waals surface area contributed by atoms with Crippen LogP contribution in [0.2, 0.25) is 0 Å². The van der Waals surface area contributed by atoms with Gasteiger partial charge in [-0.2, -0.15) is 0 Å². The van der Waals surface area contributed by atoms with Crippen LogP contribution in [-0.4, -0.2) is 17.2 Å². The van der Waals surface area contributed by atoms with Crippen molar-refractivity contribution in [2.45, 2.75) is 13.3 Å². The highest BCUT2D eigenvalue weighted by Gasteiger charge is 2.04. The van der Waals surface area contributed by atoms with Crippen molar-refractivity contribution in [3.05, 3.63) is 30.3 Å². The lowest BCUT2D eigenvalue weighted by molar-refractivity contribution is -0.124. The van der Waals surface area contributed by atoms with Gasteiger partial charge in [-0.3, -0.25) is 9.59 Å². The van der Waals surface area contributed by atoms with Gasteiger partial charge in [-0.05, 0) is 19.1 Å². The molecule has 1 aromatic rings. The number of anilines is 1.